The number of fused-ring (bicyclic) bond motifs is 2. The van der Waals surface area contributed by atoms with Crippen LogP contribution < -0.4 is 0 Å². The third-order valence-electron chi connectivity index (χ3n) is 7.97. The summed E-state index contributed by atoms with van der Waals surface area (Å²) in [5.74, 6) is 0.00952. The van der Waals surface area contributed by atoms with Gasteiger partial charge in [-0.2, -0.15) is 11.8 Å². The van der Waals surface area contributed by atoms with Crippen LogP contribution in [0.1, 0.15) is 48.0 Å². The molecule has 0 aliphatic heterocycles. The Hall–Kier alpha value is -0.216. The number of thioether (sulfide) groups is 1. The number of aldehydes is 1. The second-order valence-electron chi connectivity index (χ2n) is 12.1. The van der Waals surface area contributed by atoms with Crippen LogP contribution in [0.15, 0.2) is 12.2 Å². The van der Waals surface area contributed by atoms with E-state index in [-0.39, 0.29) is 21.8 Å². The molecular weight excluding hydrogens is 428 g/mol. The summed E-state index contributed by atoms with van der Waals surface area (Å²) in [5, 5.41) is -0.0866. The van der Waals surface area contributed by atoms with Crippen molar-refractivity contribution in [2.75, 3.05) is 12.0 Å². The molecule has 4 nitrogen and oxygen atoms in total. The van der Waals surface area contributed by atoms with Gasteiger partial charge >= 0.3 is 0 Å². The molecule has 1 saturated carbocycles. The smallest absolute Gasteiger partial charge is 0.200 e. The standard InChI is InChI=1S/C23H42O4SSi2/c1-20(2,3)29(8,9)26-22-13-12-17(14-18(22)15-24)23(16-28-7,19(22)25)27-30(10,11)21(4,5)6/h12-13,15,17-18H,14,16H2,1-11H3/t17-,18-,22-,23-/m1/s1. The van der Waals surface area contributed by atoms with Crippen LogP contribution in [0, 0.1) is 11.8 Å². The average molecular weight is 471 g/mol. The second kappa shape index (κ2) is 7.97. The molecule has 0 spiro atoms. The molecule has 0 radical (unpaired) electrons. The largest absolute Gasteiger partial charge is 0.403 e. The summed E-state index contributed by atoms with van der Waals surface area (Å²) < 4.78 is 13.8. The molecular formula is C23H42O4SSi2. The van der Waals surface area contributed by atoms with Crippen molar-refractivity contribution in [3.63, 3.8) is 0 Å². The van der Waals surface area contributed by atoms with Crippen LogP contribution in [0.5, 0.6) is 0 Å². The van der Waals surface area contributed by atoms with Crippen molar-refractivity contribution in [3.05, 3.63) is 12.2 Å². The first-order valence-electron chi connectivity index (χ1n) is 11.0. The molecule has 0 amide bonds. The Morgan fingerprint density at radius 3 is 2.00 bits per heavy atom. The van der Waals surface area contributed by atoms with E-state index < -0.39 is 33.8 Å². The summed E-state index contributed by atoms with van der Waals surface area (Å²) in [6.45, 7) is 21.8. The van der Waals surface area contributed by atoms with E-state index >= 15 is 0 Å². The molecule has 4 atom stereocenters. The first-order chi connectivity index (χ1) is 13.4. The lowest BCUT2D eigenvalue weighted by molar-refractivity contribution is -0.169. The Balaban J connectivity index is 2.64. The van der Waals surface area contributed by atoms with Gasteiger partial charge < -0.3 is 13.6 Å². The van der Waals surface area contributed by atoms with Gasteiger partial charge in [0.1, 0.15) is 17.5 Å². The number of carbonyl (C=O) groups is 2. The van der Waals surface area contributed by atoms with E-state index in [0.717, 1.165) is 6.29 Å². The lowest BCUT2D eigenvalue weighted by Gasteiger charge is -2.59. The number of ketones is 1. The Labute approximate surface area is 190 Å². The first-order valence-corrected chi connectivity index (χ1v) is 18.2. The molecule has 172 valence electrons. The summed E-state index contributed by atoms with van der Waals surface area (Å²) in [7, 11) is -4.57. The summed E-state index contributed by atoms with van der Waals surface area (Å²) >= 11 is 1.64. The van der Waals surface area contributed by atoms with Crippen LogP contribution in [0.2, 0.25) is 36.3 Å². The van der Waals surface area contributed by atoms with E-state index in [0.29, 0.717) is 12.2 Å². The molecule has 0 saturated heterocycles. The third kappa shape index (κ3) is 4.09. The highest BCUT2D eigenvalue weighted by Crippen LogP contribution is 2.55. The molecule has 2 bridgehead atoms. The fourth-order valence-electron chi connectivity index (χ4n) is 4.03. The number of carbonyl (C=O) groups excluding carboxylic acids is 2. The predicted molar refractivity (Wildman–Crippen MR) is 132 cm³/mol. The molecule has 7 heteroatoms. The van der Waals surface area contributed by atoms with Gasteiger partial charge in [-0.25, -0.2) is 0 Å². The third-order valence-corrected chi connectivity index (χ3v) is 17.6. The van der Waals surface area contributed by atoms with Gasteiger partial charge in [0.2, 0.25) is 0 Å². The Morgan fingerprint density at radius 2 is 1.57 bits per heavy atom. The Morgan fingerprint density at radius 1 is 1.07 bits per heavy atom. The number of hydrogen-bond donors (Lipinski definition) is 0. The molecule has 3 rings (SSSR count). The quantitative estimate of drug-likeness (QED) is 0.265. The van der Waals surface area contributed by atoms with Crippen molar-refractivity contribution in [2.24, 2.45) is 11.8 Å². The molecule has 0 aromatic carbocycles. The monoisotopic (exact) mass is 470 g/mol. The number of Topliss-reactive ketones (excluding diaryl/α,β-unsaturated/α-hetero) is 1. The van der Waals surface area contributed by atoms with Crippen molar-refractivity contribution in [1.29, 1.82) is 0 Å². The zero-order valence-corrected chi connectivity index (χ0v) is 23.7. The molecule has 3 aliphatic carbocycles. The SMILES string of the molecule is CSC[C@]1(O[Si](C)(C)C(C)(C)C)C(=O)[C@@]2(O[Si](C)(C)C(C)(C)C)C=C[C@@H]1C[C@@H]2C=O. The van der Waals surface area contributed by atoms with Gasteiger partial charge in [0.25, 0.3) is 0 Å². The maximum absolute atomic E-state index is 14.4. The van der Waals surface area contributed by atoms with Gasteiger partial charge in [-0.05, 0) is 55.0 Å². The highest BCUT2D eigenvalue weighted by molar-refractivity contribution is 7.98. The van der Waals surface area contributed by atoms with E-state index in [4.69, 9.17) is 8.85 Å². The van der Waals surface area contributed by atoms with E-state index in [1.807, 2.05) is 12.3 Å². The lowest BCUT2D eigenvalue weighted by Crippen LogP contribution is -2.73. The summed E-state index contributed by atoms with van der Waals surface area (Å²) in [5.41, 5.74) is -2.14. The van der Waals surface area contributed by atoms with Crippen molar-refractivity contribution in [1.82, 2.24) is 0 Å². The van der Waals surface area contributed by atoms with Gasteiger partial charge in [0.05, 0.1) is 5.92 Å². The van der Waals surface area contributed by atoms with E-state index in [1.165, 1.54) is 0 Å². The minimum absolute atomic E-state index is 0.0173. The van der Waals surface area contributed by atoms with Gasteiger partial charge in [0, 0.05) is 11.7 Å². The first kappa shape index (κ1) is 26.0. The van der Waals surface area contributed by atoms with Gasteiger partial charge in [-0.15, -0.1) is 0 Å². The molecule has 0 heterocycles. The van der Waals surface area contributed by atoms with Crippen LogP contribution in [-0.4, -0.2) is 51.9 Å². The fourth-order valence-corrected chi connectivity index (χ4v) is 7.97. The normalized spacial score (nSPS) is 32.6. The van der Waals surface area contributed by atoms with E-state index in [1.54, 1.807) is 11.8 Å². The van der Waals surface area contributed by atoms with Crippen LogP contribution in [0.3, 0.4) is 0 Å². The van der Waals surface area contributed by atoms with Crippen molar-refractivity contribution < 1.29 is 18.4 Å². The zero-order valence-electron chi connectivity index (χ0n) is 20.8. The second-order valence-corrected chi connectivity index (χ2v) is 22.4. The summed E-state index contributed by atoms with van der Waals surface area (Å²) in [4.78, 5) is 26.5. The highest BCUT2D eigenvalue weighted by Gasteiger charge is 2.67. The summed E-state index contributed by atoms with van der Waals surface area (Å²) in [6.07, 6.45) is 7.58. The Bertz CT molecular complexity index is 720. The van der Waals surface area contributed by atoms with Crippen LogP contribution in [-0.2, 0) is 18.4 Å². The maximum atomic E-state index is 14.4. The van der Waals surface area contributed by atoms with Crippen molar-refractivity contribution in [2.45, 2.75) is 95.4 Å². The van der Waals surface area contributed by atoms with Gasteiger partial charge in [0.15, 0.2) is 22.4 Å². The van der Waals surface area contributed by atoms with Crippen molar-refractivity contribution in [3.8, 4) is 0 Å². The maximum Gasteiger partial charge on any atom is 0.200 e. The van der Waals surface area contributed by atoms with Crippen LogP contribution in [0.25, 0.3) is 0 Å². The molecule has 3 aliphatic rings. The van der Waals surface area contributed by atoms with Crippen LogP contribution >= 0.6 is 11.8 Å². The van der Waals surface area contributed by atoms with E-state index in [2.05, 4.69) is 73.8 Å². The van der Waals surface area contributed by atoms with Crippen molar-refractivity contribution >= 4 is 40.5 Å². The molecule has 1 fully saturated rings. The minimum atomic E-state index is -2.32. The van der Waals surface area contributed by atoms with E-state index in [9.17, 15) is 9.59 Å². The number of hydrogen-bond acceptors (Lipinski definition) is 5. The number of rotatable bonds is 7. The summed E-state index contributed by atoms with van der Waals surface area (Å²) in [6, 6.07) is 0. The average Bonchev–Trinajstić information content (AvgIpc) is 2.57. The van der Waals surface area contributed by atoms with Gasteiger partial charge in [-0.3, -0.25) is 4.79 Å². The highest BCUT2D eigenvalue weighted by atomic mass is 32.2. The van der Waals surface area contributed by atoms with Gasteiger partial charge in [-0.1, -0.05) is 47.6 Å². The molecule has 0 N–H and O–H groups in total. The van der Waals surface area contributed by atoms with Crippen LogP contribution in [0.4, 0.5) is 0 Å². The topological polar surface area (TPSA) is 52.6 Å². The molecule has 0 aromatic rings. The zero-order chi connectivity index (χ0) is 23.4. The Kier molecular flexibility index (Phi) is 6.92. The molecule has 0 unspecified atom stereocenters. The fraction of sp³-hybridized carbons (Fsp3) is 0.826. The predicted octanol–water partition coefficient (Wildman–Crippen LogP) is 5.84. The molecule has 30 heavy (non-hydrogen) atoms. The molecule has 0 aromatic heterocycles. The minimum Gasteiger partial charge on any atom is -0.403 e. The lowest BCUT2D eigenvalue weighted by atomic mass is 9.59.